The van der Waals surface area contributed by atoms with E-state index in [9.17, 15) is 22.5 Å². The number of hydrogen-bond donors (Lipinski definition) is 2. The van der Waals surface area contributed by atoms with Gasteiger partial charge in [-0.2, -0.15) is 5.26 Å². The molecule has 9 heteroatoms. The van der Waals surface area contributed by atoms with Crippen LogP contribution < -0.4 is 9.46 Å². The van der Waals surface area contributed by atoms with Gasteiger partial charge in [-0.05, 0) is 36.8 Å². The molecule has 5 nitrogen and oxygen atoms in total. The Balaban J connectivity index is 2.15. The molecule has 1 aliphatic rings. The number of rotatable bonds is 4. The van der Waals surface area contributed by atoms with Crippen LogP contribution >= 0.6 is 0 Å². The van der Waals surface area contributed by atoms with E-state index >= 15 is 0 Å². The van der Waals surface area contributed by atoms with E-state index in [-0.39, 0.29) is 39.6 Å². The van der Waals surface area contributed by atoms with E-state index in [2.05, 4.69) is 0 Å². The van der Waals surface area contributed by atoms with Crippen molar-refractivity contribution in [2.45, 2.75) is 30.5 Å². The molecule has 0 radical (unpaired) electrons. The van der Waals surface area contributed by atoms with E-state index in [0.29, 0.717) is 5.56 Å². The molecule has 2 aromatic rings. The van der Waals surface area contributed by atoms with Gasteiger partial charge in [-0.1, -0.05) is 0 Å². The largest absolute Gasteiger partial charge is 0.457 e. The van der Waals surface area contributed by atoms with Crippen molar-refractivity contribution in [3.63, 3.8) is 0 Å². The van der Waals surface area contributed by atoms with Crippen LogP contribution in [0.4, 0.5) is 13.2 Å². The summed E-state index contributed by atoms with van der Waals surface area (Å²) in [6.45, 7) is 1.67. The first-order valence-corrected chi connectivity index (χ1v) is 9.47. The first-order valence-electron chi connectivity index (χ1n) is 7.85. The Morgan fingerprint density at radius 2 is 2.15 bits per heavy atom. The lowest BCUT2D eigenvalue weighted by atomic mass is 10.1. The highest BCUT2D eigenvalue weighted by molar-refractivity contribution is 7.99. The van der Waals surface area contributed by atoms with Crippen molar-refractivity contribution in [3.8, 4) is 17.7 Å². The van der Waals surface area contributed by atoms with Crippen LogP contribution in [0, 0.1) is 24.2 Å². The second-order valence-electron chi connectivity index (χ2n) is 6.09. The van der Waals surface area contributed by atoms with Crippen LogP contribution in [0.1, 0.15) is 22.8 Å². The normalized spacial score (nSPS) is 20.3. The Kier molecular flexibility index (Phi) is 5.04. The zero-order valence-corrected chi connectivity index (χ0v) is 14.9. The second kappa shape index (κ2) is 7.13. The molecule has 3 atom stereocenters. The predicted molar refractivity (Wildman–Crippen MR) is 93.5 cm³/mol. The number of halogens is 3. The minimum Gasteiger partial charge on any atom is -0.457 e. The number of aliphatic hydroxyl groups is 1. The Labute approximate surface area is 154 Å². The van der Waals surface area contributed by atoms with Gasteiger partial charge in [0.05, 0.1) is 4.90 Å². The molecule has 0 amide bonds. The SMILES string of the molecule is Cc1cc(F)cc(Oc2ccc(S(=O)(=CF)NC#N)c3c2CC(F)C3O)c1. The number of nitriles is 1. The van der Waals surface area contributed by atoms with E-state index in [4.69, 9.17) is 10.00 Å². The monoisotopic (exact) mass is 396 g/mol. The Bertz CT molecular complexity index is 1040. The van der Waals surface area contributed by atoms with Gasteiger partial charge in [0.25, 0.3) is 0 Å². The Morgan fingerprint density at radius 3 is 2.78 bits per heavy atom. The molecule has 0 aliphatic heterocycles. The quantitative estimate of drug-likeness (QED) is 0.360. The molecular weight excluding hydrogens is 381 g/mol. The molecular formula is C18H15F3N2O3S. The van der Waals surface area contributed by atoms with Crippen LogP contribution in [-0.2, 0) is 16.1 Å². The number of nitrogens with zero attached hydrogens (tertiary/aromatic N) is 1. The summed E-state index contributed by atoms with van der Waals surface area (Å²) in [6, 6.07) is 6.52. The molecule has 1 aliphatic carbocycles. The number of nitrogens with one attached hydrogen (secondary N) is 1. The molecule has 27 heavy (non-hydrogen) atoms. The topological polar surface area (TPSA) is 82.3 Å². The smallest absolute Gasteiger partial charge is 0.189 e. The highest BCUT2D eigenvalue weighted by atomic mass is 32.2. The van der Waals surface area contributed by atoms with E-state index in [1.165, 1.54) is 24.4 Å². The zero-order valence-electron chi connectivity index (χ0n) is 14.1. The molecule has 3 rings (SSSR count). The summed E-state index contributed by atoms with van der Waals surface area (Å²) in [7, 11) is -3.79. The number of alkyl halides is 1. The van der Waals surface area contributed by atoms with Gasteiger partial charge in [0, 0.05) is 23.6 Å². The van der Waals surface area contributed by atoms with E-state index in [1.54, 1.807) is 13.0 Å². The Morgan fingerprint density at radius 1 is 1.41 bits per heavy atom. The minimum absolute atomic E-state index is 0.102. The highest BCUT2D eigenvalue weighted by Gasteiger charge is 2.38. The lowest BCUT2D eigenvalue weighted by Crippen LogP contribution is -2.22. The first-order chi connectivity index (χ1) is 12.8. The van der Waals surface area contributed by atoms with Crippen molar-refractivity contribution in [2.24, 2.45) is 0 Å². The van der Waals surface area contributed by atoms with Crippen molar-refractivity contribution in [1.82, 2.24) is 4.72 Å². The summed E-state index contributed by atoms with van der Waals surface area (Å²) in [5.41, 5.74) is 0.494. The van der Waals surface area contributed by atoms with Crippen molar-refractivity contribution in [2.75, 3.05) is 0 Å². The maximum absolute atomic E-state index is 14.2. The fraction of sp³-hybridized carbons (Fsp3) is 0.222. The summed E-state index contributed by atoms with van der Waals surface area (Å²) in [4.78, 5) is -0.239. The average molecular weight is 396 g/mol. The molecule has 0 bridgehead atoms. The molecule has 0 saturated carbocycles. The highest BCUT2D eigenvalue weighted by Crippen LogP contribution is 2.43. The molecule has 3 unspecified atom stereocenters. The van der Waals surface area contributed by atoms with Gasteiger partial charge in [-0.3, -0.25) is 0 Å². The molecule has 0 heterocycles. The molecule has 0 saturated heterocycles. The summed E-state index contributed by atoms with van der Waals surface area (Å²) in [5.74, 6) is -0.238. The van der Waals surface area contributed by atoms with Gasteiger partial charge in [-0.25, -0.2) is 22.1 Å². The average Bonchev–Trinajstić information content (AvgIpc) is 2.90. The van der Waals surface area contributed by atoms with Gasteiger partial charge < -0.3 is 9.84 Å². The molecule has 0 fully saturated rings. The summed E-state index contributed by atoms with van der Waals surface area (Å²) in [5, 5.41) is 18.9. The lowest BCUT2D eigenvalue weighted by Gasteiger charge is -2.17. The van der Waals surface area contributed by atoms with Crippen molar-refractivity contribution in [1.29, 1.82) is 5.26 Å². The number of aliphatic hydroxyl groups excluding tert-OH is 1. The number of ether oxygens (including phenoxy) is 1. The van der Waals surface area contributed by atoms with E-state index < -0.39 is 27.8 Å². The van der Waals surface area contributed by atoms with E-state index in [0.717, 1.165) is 6.07 Å². The molecule has 0 spiro atoms. The van der Waals surface area contributed by atoms with Crippen LogP contribution in [-0.4, -0.2) is 21.1 Å². The van der Waals surface area contributed by atoms with Crippen molar-refractivity contribution >= 4 is 15.3 Å². The van der Waals surface area contributed by atoms with E-state index in [1.807, 2.05) is 4.72 Å². The zero-order chi connectivity index (χ0) is 19.8. The fourth-order valence-corrected chi connectivity index (χ4v) is 4.31. The summed E-state index contributed by atoms with van der Waals surface area (Å²) < 4.78 is 61.2. The molecule has 2 N–H and O–H groups in total. The maximum Gasteiger partial charge on any atom is 0.189 e. The third-order valence-corrected chi connectivity index (χ3v) is 5.86. The fourth-order valence-electron chi connectivity index (χ4n) is 3.09. The third kappa shape index (κ3) is 3.46. The number of hydrogen-bond acceptors (Lipinski definition) is 4. The summed E-state index contributed by atoms with van der Waals surface area (Å²) in [6.07, 6.45) is -2.24. The van der Waals surface area contributed by atoms with Gasteiger partial charge in [-0.15, -0.1) is 0 Å². The van der Waals surface area contributed by atoms with Gasteiger partial charge in [0.2, 0.25) is 0 Å². The standard InChI is InChI=1S/C18H15F3N2O3S/c1-10-4-11(20)6-12(5-10)26-15-2-3-16(27(25,8-19)23-9-22)17-13(15)7-14(21)18(17)24/h2-6,8,14,18,24H,7H2,1H3,(H,23,25). The van der Waals surface area contributed by atoms with Gasteiger partial charge >= 0.3 is 0 Å². The number of fused-ring (bicyclic) bond motifs is 1. The lowest BCUT2D eigenvalue weighted by molar-refractivity contribution is 0.0907. The van der Waals surface area contributed by atoms with Crippen LogP contribution in [0.2, 0.25) is 0 Å². The third-order valence-electron chi connectivity index (χ3n) is 4.20. The number of benzene rings is 2. The van der Waals surface area contributed by atoms with Crippen molar-refractivity contribution < 1.29 is 27.2 Å². The maximum atomic E-state index is 14.2. The molecule has 2 aromatic carbocycles. The van der Waals surface area contributed by atoms with Gasteiger partial charge in [0.1, 0.15) is 39.3 Å². The summed E-state index contributed by atoms with van der Waals surface area (Å²) >= 11 is 0. The minimum atomic E-state index is -3.79. The van der Waals surface area contributed by atoms with Crippen molar-refractivity contribution in [3.05, 3.63) is 52.8 Å². The molecule has 0 aromatic heterocycles. The Hall–Kier alpha value is -2.70. The predicted octanol–water partition coefficient (Wildman–Crippen LogP) is 3.21. The molecule has 142 valence electrons. The van der Waals surface area contributed by atoms with Gasteiger partial charge in [0.15, 0.2) is 11.8 Å². The second-order valence-corrected chi connectivity index (χ2v) is 8.11. The van der Waals surface area contributed by atoms with Crippen LogP contribution in [0.15, 0.2) is 35.2 Å². The number of aryl methyl sites for hydroxylation is 1. The first kappa shape index (κ1) is 19.1. The van der Waals surface area contributed by atoms with Crippen LogP contribution in [0.3, 0.4) is 0 Å². The van der Waals surface area contributed by atoms with Crippen LogP contribution in [0.25, 0.3) is 0 Å². The van der Waals surface area contributed by atoms with Crippen LogP contribution in [0.5, 0.6) is 11.5 Å².